The second kappa shape index (κ2) is 6.38. The molecule has 2 rings (SSSR count). The minimum Gasteiger partial charge on any atom is -0.464 e. The Hall–Kier alpha value is -1.82. The first-order chi connectivity index (χ1) is 9.20. The number of carbonyl (C=O) groups is 1. The lowest BCUT2D eigenvalue weighted by atomic mass is 10.1. The quantitative estimate of drug-likeness (QED) is 0.780. The van der Waals surface area contributed by atoms with Crippen LogP contribution in [0, 0.1) is 5.92 Å². The van der Waals surface area contributed by atoms with Crippen molar-refractivity contribution < 1.29 is 14.3 Å². The Morgan fingerprint density at radius 1 is 1.63 bits per heavy atom. The molecule has 1 aromatic rings. The average Bonchev–Trinajstić information content (AvgIpc) is 2.93. The second-order valence-electron chi connectivity index (χ2n) is 4.57. The van der Waals surface area contributed by atoms with Gasteiger partial charge in [-0.25, -0.2) is 9.78 Å². The lowest BCUT2D eigenvalue weighted by molar-refractivity contribution is 0.0594. The number of pyridine rings is 1. The van der Waals surface area contributed by atoms with Crippen molar-refractivity contribution >= 4 is 17.5 Å². The predicted molar refractivity (Wildman–Crippen MR) is 72.0 cm³/mol. The molecule has 0 bridgehead atoms. The number of rotatable bonds is 5. The van der Waals surface area contributed by atoms with E-state index in [1.54, 1.807) is 12.1 Å². The summed E-state index contributed by atoms with van der Waals surface area (Å²) in [5, 5.41) is 3.16. The number of nitrogens with zero attached hydrogens (tertiary/aromatic N) is 1. The molecule has 1 aliphatic rings. The van der Waals surface area contributed by atoms with E-state index in [1.807, 2.05) is 0 Å². The molecule has 1 atom stereocenters. The minimum atomic E-state index is -0.466. The molecule has 3 N–H and O–H groups in total. The van der Waals surface area contributed by atoms with Crippen LogP contribution < -0.4 is 11.1 Å². The SMILES string of the molecule is COC(=O)c1ccc(N)c(NCCC2CCOC2)n1. The Bertz CT molecular complexity index is 445. The van der Waals surface area contributed by atoms with Gasteiger partial charge in [0.25, 0.3) is 0 Å². The van der Waals surface area contributed by atoms with E-state index < -0.39 is 5.97 Å². The molecule has 2 heterocycles. The van der Waals surface area contributed by atoms with Crippen LogP contribution in [0.5, 0.6) is 0 Å². The van der Waals surface area contributed by atoms with Gasteiger partial charge in [0, 0.05) is 19.8 Å². The number of nitrogens with two attached hydrogens (primary N) is 1. The Kier molecular flexibility index (Phi) is 4.57. The normalized spacial score (nSPS) is 18.3. The van der Waals surface area contributed by atoms with Gasteiger partial charge in [-0.2, -0.15) is 0 Å². The summed E-state index contributed by atoms with van der Waals surface area (Å²) < 4.78 is 9.95. The van der Waals surface area contributed by atoms with Crippen LogP contribution in [0.1, 0.15) is 23.3 Å². The van der Waals surface area contributed by atoms with E-state index in [0.717, 1.165) is 32.6 Å². The molecule has 0 spiro atoms. The monoisotopic (exact) mass is 265 g/mol. The summed E-state index contributed by atoms with van der Waals surface area (Å²) in [6.07, 6.45) is 2.11. The van der Waals surface area contributed by atoms with Crippen LogP contribution in [0.2, 0.25) is 0 Å². The molecule has 0 amide bonds. The molecule has 0 aliphatic carbocycles. The summed E-state index contributed by atoms with van der Waals surface area (Å²) in [6.45, 7) is 2.44. The minimum absolute atomic E-state index is 0.253. The van der Waals surface area contributed by atoms with Crippen LogP contribution in [-0.4, -0.2) is 37.8 Å². The predicted octanol–water partition coefficient (Wildman–Crippen LogP) is 1.29. The molecule has 6 heteroatoms. The Morgan fingerprint density at radius 3 is 3.16 bits per heavy atom. The fourth-order valence-electron chi connectivity index (χ4n) is 2.04. The number of hydrogen-bond donors (Lipinski definition) is 2. The fourth-order valence-corrected chi connectivity index (χ4v) is 2.04. The highest BCUT2D eigenvalue weighted by Gasteiger charge is 2.15. The average molecular weight is 265 g/mol. The second-order valence-corrected chi connectivity index (χ2v) is 4.57. The third kappa shape index (κ3) is 3.57. The first kappa shape index (κ1) is 13.6. The molecule has 1 aromatic heterocycles. The summed E-state index contributed by atoms with van der Waals surface area (Å²) in [7, 11) is 1.33. The molecular formula is C13H19N3O3. The van der Waals surface area contributed by atoms with Crippen LogP contribution in [-0.2, 0) is 9.47 Å². The van der Waals surface area contributed by atoms with Gasteiger partial charge in [-0.1, -0.05) is 0 Å². The zero-order valence-corrected chi connectivity index (χ0v) is 11.0. The van der Waals surface area contributed by atoms with Crippen LogP contribution in [0.15, 0.2) is 12.1 Å². The van der Waals surface area contributed by atoms with Crippen LogP contribution >= 0.6 is 0 Å². The summed E-state index contributed by atoms with van der Waals surface area (Å²) in [4.78, 5) is 15.6. The van der Waals surface area contributed by atoms with Crippen molar-refractivity contribution in [1.82, 2.24) is 4.98 Å². The van der Waals surface area contributed by atoms with Gasteiger partial charge >= 0.3 is 5.97 Å². The van der Waals surface area contributed by atoms with Gasteiger partial charge in [-0.05, 0) is 30.9 Å². The van der Waals surface area contributed by atoms with Crippen LogP contribution in [0.3, 0.4) is 0 Å². The van der Waals surface area contributed by atoms with E-state index in [4.69, 9.17) is 10.5 Å². The van der Waals surface area contributed by atoms with Crippen LogP contribution in [0.4, 0.5) is 11.5 Å². The highest BCUT2D eigenvalue weighted by molar-refractivity contribution is 5.88. The van der Waals surface area contributed by atoms with Crippen molar-refractivity contribution in [3.8, 4) is 0 Å². The fraction of sp³-hybridized carbons (Fsp3) is 0.538. The topological polar surface area (TPSA) is 86.5 Å². The van der Waals surface area contributed by atoms with Gasteiger partial charge in [0.15, 0.2) is 5.69 Å². The number of carbonyl (C=O) groups excluding carboxylic acids is 1. The highest BCUT2D eigenvalue weighted by atomic mass is 16.5. The molecule has 104 valence electrons. The van der Waals surface area contributed by atoms with E-state index >= 15 is 0 Å². The molecule has 0 saturated carbocycles. The molecule has 0 radical (unpaired) electrons. The first-order valence-corrected chi connectivity index (χ1v) is 6.37. The summed E-state index contributed by atoms with van der Waals surface area (Å²) in [6, 6.07) is 3.21. The first-order valence-electron chi connectivity index (χ1n) is 6.37. The third-order valence-corrected chi connectivity index (χ3v) is 3.19. The summed E-state index contributed by atoms with van der Waals surface area (Å²) >= 11 is 0. The van der Waals surface area contributed by atoms with Gasteiger partial charge in [0.05, 0.1) is 12.8 Å². The summed E-state index contributed by atoms with van der Waals surface area (Å²) in [5.74, 6) is 0.659. The maximum absolute atomic E-state index is 11.4. The molecule has 1 aliphatic heterocycles. The van der Waals surface area contributed by atoms with E-state index in [1.165, 1.54) is 7.11 Å². The van der Waals surface area contributed by atoms with Crippen LogP contribution in [0.25, 0.3) is 0 Å². The number of esters is 1. The Morgan fingerprint density at radius 2 is 2.47 bits per heavy atom. The van der Waals surface area contributed by atoms with Gasteiger partial charge in [-0.15, -0.1) is 0 Å². The zero-order valence-electron chi connectivity index (χ0n) is 11.0. The van der Waals surface area contributed by atoms with Crippen molar-refractivity contribution in [2.24, 2.45) is 5.92 Å². The zero-order chi connectivity index (χ0) is 13.7. The Balaban J connectivity index is 1.92. The van der Waals surface area contributed by atoms with Gasteiger partial charge in [-0.3, -0.25) is 0 Å². The standard InChI is InChI=1S/C13H19N3O3/c1-18-13(17)11-3-2-10(14)12(16-11)15-6-4-9-5-7-19-8-9/h2-3,9H,4-8,14H2,1H3,(H,15,16). The number of ether oxygens (including phenoxy) is 2. The van der Waals surface area contributed by atoms with E-state index in [2.05, 4.69) is 15.0 Å². The molecule has 1 unspecified atom stereocenters. The number of nitrogens with one attached hydrogen (secondary N) is 1. The van der Waals surface area contributed by atoms with E-state index in [0.29, 0.717) is 17.4 Å². The maximum Gasteiger partial charge on any atom is 0.356 e. The van der Waals surface area contributed by atoms with E-state index in [9.17, 15) is 4.79 Å². The molecular weight excluding hydrogens is 246 g/mol. The number of methoxy groups -OCH3 is 1. The highest BCUT2D eigenvalue weighted by Crippen LogP contribution is 2.19. The van der Waals surface area contributed by atoms with Crippen molar-refractivity contribution in [3.63, 3.8) is 0 Å². The van der Waals surface area contributed by atoms with Crippen molar-refractivity contribution in [1.29, 1.82) is 0 Å². The van der Waals surface area contributed by atoms with E-state index in [-0.39, 0.29) is 5.69 Å². The molecule has 1 saturated heterocycles. The summed E-state index contributed by atoms with van der Waals surface area (Å²) in [5.41, 5.74) is 6.60. The van der Waals surface area contributed by atoms with Crippen molar-refractivity contribution in [2.75, 3.05) is 37.9 Å². The maximum atomic E-state index is 11.4. The number of anilines is 2. The largest absolute Gasteiger partial charge is 0.464 e. The Labute approximate surface area is 112 Å². The molecule has 19 heavy (non-hydrogen) atoms. The number of aromatic nitrogens is 1. The van der Waals surface area contributed by atoms with Crippen molar-refractivity contribution in [3.05, 3.63) is 17.8 Å². The number of hydrogen-bond acceptors (Lipinski definition) is 6. The van der Waals surface area contributed by atoms with Gasteiger partial charge in [0.2, 0.25) is 0 Å². The van der Waals surface area contributed by atoms with Crippen molar-refractivity contribution in [2.45, 2.75) is 12.8 Å². The lowest BCUT2D eigenvalue weighted by Crippen LogP contribution is -2.13. The molecule has 0 aromatic carbocycles. The van der Waals surface area contributed by atoms with Gasteiger partial charge in [0.1, 0.15) is 5.82 Å². The molecule has 6 nitrogen and oxygen atoms in total. The molecule has 1 fully saturated rings. The third-order valence-electron chi connectivity index (χ3n) is 3.19. The van der Waals surface area contributed by atoms with Gasteiger partial charge < -0.3 is 20.5 Å². The smallest absolute Gasteiger partial charge is 0.356 e. The lowest BCUT2D eigenvalue weighted by Gasteiger charge is -2.11. The number of nitrogen functional groups attached to an aromatic ring is 1.